The highest BCUT2D eigenvalue weighted by atomic mass is 16.6. The molecule has 0 saturated carbocycles. The summed E-state index contributed by atoms with van der Waals surface area (Å²) < 4.78 is 11.3. The van der Waals surface area contributed by atoms with Crippen LogP contribution >= 0.6 is 0 Å². The summed E-state index contributed by atoms with van der Waals surface area (Å²) in [6.07, 6.45) is 9.57. The van der Waals surface area contributed by atoms with E-state index in [2.05, 4.69) is 101 Å². The molecule has 0 aliphatic rings. The number of esters is 1. The number of rotatable bonds is 10. The molecule has 0 N–H and O–H groups in total. The number of pyridine rings is 2. The minimum absolute atomic E-state index is 0.233. The molecule has 0 unspecified atom stereocenters. The van der Waals surface area contributed by atoms with E-state index in [0.717, 1.165) is 29.2 Å². The van der Waals surface area contributed by atoms with Crippen molar-refractivity contribution in [2.45, 2.75) is 52.2 Å². The molecule has 0 saturated heterocycles. The van der Waals surface area contributed by atoms with E-state index < -0.39 is 5.60 Å². The topological polar surface area (TPSA) is 61.3 Å². The molecule has 0 spiro atoms. The third kappa shape index (κ3) is 7.44. The van der Waals surface area contributed by atoms with Crippen molar-refractivity contribution in [3.63, 3.8) is 0 Å². The Kier molecular flexibility index (Phi) is 8.99. The van der Waals surface area contributed by atoms with Crippen molar-refractivity contribution in [1.82, 2.24) is 9.97 Å². The highest BCUT2D eigenvalue weighted by Crippen LogP contribution is 2.33. The van der Waals surface area contributed by atoms with Crippen molar-refractivity contribution in [1.29, 1.82) is 0 Å². The first kappa shape index (κ1) is 30.2. The fraction of sp³-hybridized carbons (Fsp3) is 0.225. The van der Waals surface area contributed by atoms with E-state index in [1.165, 1.54) is 44.2 Å². The lowest BCUT2D eigenvalue weighted by atomic mass is 9.91. The van der Waals surface area contributed by atoms with Crippen LogP contribution in [0.2, 0.25) is 0 Å². The quantitative estimate of drug-likeness (QED) is 0.117. The largest absolute Gasteiger partial charge is 0.460 e. The van der Waals surface area contributed by atoms with E-state index in [-0.39, 0.29) is 12.4 Å². The first-order valence-electron chi connectivity index (χ1n) is 15.5. The second-order valence-electron chi connectivity index (χ2n) is 12.4. The third-order valence-corrected chi connectivity index (χ3v) is 7.91. The monoisotopic (exact) mass is 594 g/mol. The Morgan fingerprint density at radius 2 is 1.33 bits per heavy atom. The molecule has 5 nitrogen and oxygen atoms in total. The third-order valence-electron chi connectivity index (χ3n) is 7.91. The Morgan fingerprint density at radius 1 is 0.689 bits per heavy atom. The molecular formula is C40H38N2O3. The minimum atomic E-state index is -0.493. The predicted octanol–water partition coefficient (Wildman–Crippen LogP) is 9.15. The van der Waals surface area contributed by atoms with Crippen LogP contribution in [-0.2, 0) is 33.7 Å². The Morgan fingerprint density at radius 3 is 2.02 bits per heavy atom. The number of benzene rings is 4. The van der Waals surface area contributed by atoms with Gasteiger partial charge in [0.05, 0.1) is 19.6 Å². The van der Waals surface area contributed by atoms with Crippen molar-refractivity contribution in [2.75, 3.05) is 6.61 Å². The average Bonchev–Trinajstić information content (AvgIpc) is 3.05. The van der Waals surface area contributed by atoms with Gasteiger partial charge in [0.1, 0.15) is 5.60 Å². The second-order valence-corrected chi connectivity index (χ2v) is 12.4. The van der Waals surface area contributed by atoms with Crippen LogP contribution < -0.4 is 0 Å². The maximum Gasteiger partial charge on any atom is 0.308 e. The van der Waals surface area contributed by atoms with E-state index in [1.54, 1.807) is 0 Å². The lowest BCUT2D eigenvalue weighted by Gasteiger charge is -2.19. The summed E-state index contributed by atoms with van der Waals surface area (Å²) in [7, 11) is 0. The van der Waals surface area contributed by atoms with Gasteiger partial charge in [-0.05, 0) is 95.5 Å². The summed E-state index contributed by atoms with van der Waals surface area (Å²) in [4.78, 5) is 20.9. The van der Waals surface area contributed by atoms with E-state index in [4.69, 9.17) is 9.47 Å². The molecule has 45 heavy (non-hydrogen) atoms. The van der Waals surface area contributed by atoms with Crippen LogP contribution in [0.15, 0.2) is 116 Å². The van der Waals surface area contributed by atoms with Gasteiger partial charge in [0.2, 0.25) is 0 Å². The predicted molar refractivity (Wildman–Crippen MR) is 182 cm³/mol. The van der Waals surface area contributed by atoms with E-state index >= 15 is 0 Å². The summed E-state index contributed by atoms with van der Waals surface area (Å²) in [6.45, 7) is 6.37. The van der Waals surface area contributed by atoms with E-state index in [1.807, 2.05) is 45.6 Å². The van der Waals surface area contributed by atoms with Gasteiger partial charge >= 0.3 is 5.97 Å². The summed E-state index contributed by atoms with van der Waals surface area (Å²) in [5.74, 6) is -0.244. The number of nitrogens with zero attached hydrogens (tertiary/aromatic N) is 2. The maximum atomic E-state index is 12.1. The molecular weight excluding hydrogens is 556 g/mol. The van der Waals surface area contributed by atoms with Crippen LogP contribution in [0.4, 0.5) is 0 Å². The molecule has 0 bridgehead atoms. The lowest BCUT2D eigenvalue weighted by molar-refractivity contribution is -0.156. The fourth-order valence-corrected chi connectivity index (χ4v) is 5.79. The summed E-state index contributed by atoms with van der Waals surface area (Å²) >= 11 is 0. The fourth-order valence-electron chi connectivity index (χ4n) is 5.79. The molecule has 5 heteroatoms. The van der Waals surface area contributed by atoms with Crippen LogP contribution in [0.5, 0.6) is 0 Å². The van der Waals surface area contributed by atoms with Gasteiger partial charge in [-0.3, -0.25) is 14.8 Å². The Bertz CT molecular complexity index is 1930. The molecule has 226 valence electrons. The van der Waals surface area contributed by atoms with Crippen LogP contribution in [0.1, 0.15) is 43.9 Å². The minimum Gasteiger partial charge on any atom is -0.460 e. The Balaban J connectivity index is 1.22. The first-order chi connectivity index (χ1) is 21.8. The zero-order chi connectivity index (χ0) is 31.2. The van der Waals surface area contributed by atoms with Gasteiger partial charge in [-0.15, -0.1) is 0 Å². The van der Waals surface area contributed by atoms with Crippen LogP contribution in [0, 0.1) is 0 Å². The van der Waals surface area contributed by atoms with Crippen molar-refractivity contribution < 1.29 is 14.3 Å². The molecule has 6 aromatic rings. The Labute approximate surface area is 264 Å². The number of carbonyl (C=O) groups is 1. The Hall–Kier alpha value is -4.87. The first-order valence-corrected chi connectivity index (χ1v) is 15.5. The molecule has 0 radical (unpaired) electrons. The van der Waals surface area contributed by atoms with Crippen molar-refractivity contribution in [2.24, 2.45) is 0 Å². The number of ether oxygens (including phenoxy) is 2. The summed E-state index contributed by atoms with van der Waals surface area (Å²) in [5.41, 5.74) is 7.87. The zero-order valence-corrected chi connectivity index (χ0v) is 26.1. The molecule has 6 rings (SSSR count). The number of hydrogen-bond donors (Lipinski definition) is 0. The maximum absolute atomic E-state index is 12.1. The molecule has 0 aliphatic carbocycles. The van der Waals surface area contributed by atoms with Crippen LogP contribution in [0.25, 0.3) is 43.8 Å². The van der Waals surface area contributed by atoms with Gasteiger partial charge in [-0.1, -0.05) is 78.9 Å². The lowest BCUT2D eigenvalue weighted by Crippen LogP contribution is -2.24. The van der Waals surface area contributed by atoms with Gasteiger partial charge < -0.3 is 9.47 Å². The van der Waals surface area contributed by atoms with Gasteiger partial charge in [-0.25, -0.2) is 0 Å². The number of carbonyl (C=O) groups excluding carboxylic acids is 1. The second kappa shape index (κ2) is 13.4. The standard InChI is InChI=1S/C40H38N2O3/c1-40(2,3)45-39(43)20-23-44-27-29-13-17-35(36-9-5-7-31-19-22-42-26-38(31)36)33(24-29)16-12-28-10-14-32(15-11-28)34-8-4-6-30-18-21-41-25-37(30)34/h4-11,13-15,17-19,21-22,24-26H,12,16,20,23,27H2,1-3H3. The van der Waals surface area contributed by atoms with Gasteiger partial charge in [0.25, 0.3) is 0 Å². The van der Waals surface area contributed by atoms with Crippen molar-refractivity contribution in [3.05, 3.63) is 132 Å². The number of hydrogen-bond acceptors (Lipinski definition) is 5. The summed E-state index contributed by atoms with van der Waals surface area (Å²) in [6, 6.07) is 32.3. The molecule has 2 aromatic heterocycles. The van der Waals surface area contributed by atoms with Gasteiger partial charge in [0.15, 0.2) is 0 Å². The van der Waals surface area contributed by atoms with E-state index in [9.17, 15) is 4.79 Å². The SMILES string of the molecule is CC(C)(C)OC(=O)CCOCc1ccc(-c2cccc3ccncc23)c(CCc2ccc(-c3cccc4ccncc34)cc2)c1. The van der Waals surface area contributed by atoms with Gasteiger partial charge in [-0.2, -0.15) is 0 Å². The zero-order valence-electron chi connectivity index (χ0n) is 26.1. The molecule has 0 fully saturated rings. The molecule has 4 aromatic carbocycles. The highest BCUT2D eigenvalue weighted by Gasteiger charge is 2.16. The smallest absolute Gasteiger partial charge is 0.308 e. The molecule has 0 atom stereocenters. The van der Waals surface area contributed by atoms with Gasteiger partial charge in [0, 0.05) is 35.6 Å². The normalized spacial score (nSPS) is 11.6. The molecule has 0 aliphatic heterocycles. The summed E-state index contributed by atoms with van der Waals surface area (Å²) in [5, 5.41) is 4.65. The number of aryl methyl sites for hydroxylation is 2. The molecule has 2 heterocycles. The number of fused-ring (bicyclic) bond motifs is 2. The van der Waals surface area contributed by atoms with Crippen LogP contribution in [-0.4, -0.2) is 28.1 Å². The number of aromatic nitrogens is 2. The van der Waals surface area contributed by atoms with E-state index in [0.29, 0.717) is 13.2 Å². The average molecular weight is 595 g/mol. The van der Waals surface area contributed by atoms with Crippen LogP contribution in [0.3, 0.4) is 0 Å². The van der Waals surface area contributed by atoms with Crippen molar-refractivity contribution in [3.8, 4) is 22.3 Å². The molecule has 0 amide bonds. The highest BCUT2D eigenvalue weighted by molar-refractivity contribution is 5.97. The van der Waals surface area contributed by atoms with Crippen molar-refractivity contribution >= 4 is 27.5 Å².